The van der Waals surface area contributed by atoms with Crippen molar-refractivity contribution >= 4 is 24.8 Å². The van der Waals surface area contributed by atoms with Crippen molar-refractivity contribution in [2.45, 2.75) is 18.9 Å². The predicted molar refractivity (Wildman–Crippen MR) is 73.5 cm³/mol. The molecule has 2 N–H and O–H groups in total. The van der Waals surface area contributed by atoms with Crippen LogP contribution in [0.1, 0.15) is 24.4 Å². The lowest BCUT2D eigenvalue weighted by Crippen LogP contribution is -2.29. The van der Waals surface area contributed by atoms with Crippen LogP contribution in [0.3, 0.4) is 0 Å². The fraction of sp³-hybridized carbons (Fsp3) is 0.500. The summed E-state index contributed by atoms with van der Waals surface area (Å²) in [5.74, 6) is 0. The zero-order valence-electron chi connectivity index (χ0n) is 9.34. The van der Waals surface area contributed by atoms with Gasteiger partial charge in [-0.3, -0.25) is 0 Å². The van der Waals surface area contributed by atoms with E-state index in [1.807, 2.05) is 6.07 Å². The van der Waals surface area contributed by atoms with Crippen LogP contribution in [0.5, 0.6) is 0 Å². The van der Waals surface area contributed by atoms with E-state index in [-0.39, 0.29) is 30.9 Å². The fourth-order valence-electron chi connectivity index (χ4n) is 2.05. The van der Waals surface area contributed by atoms with Gasteiger partial charge in [-0.15, -0.1) is 24.8 Å². The number of hydrogen-bond acceptors (Lipinski definition) is 2. The summed E-state index contributed by atoms with van der Waals surface area (Å²) in [4.78, 5) is 2.46. The molecule has 1 saturated heterocycles. The third-order valence-corrected chi connectivity index (χ3v) is 2.88. The van der Waals surface area contributed by atoms with Crippen molar-refractivity contribution in [2.24, 2.45) is 5.73 Å². The van der Waals surface area contributed by atoms with Crippen LogP contribution in [0.25, 0.3) is 0 Å². The second kappa shape index (κ2) is 7.91. The first-order valence-corrected chi connectivity index (χ1v) is 5.39. The normalized spacial score (nSPS) is 17.3. The highest BCUT2D eigenvalue weighted by atomic mass is 35.5. The Bertz CT molecular complexity index is 274. The average molecular weight is 263 g/mol. The molecule has 0 amide bonds. The molecule has 0 aromatic heterocycles. The summed E-state index contributed by atoms with van der Waals surface area (Å²) in [6.07, 6.45) is 2.67. The molecule has 2 rings (SSSR count). The van der Waals surface area contributed by atoms with Gasteiger partial charge in [-0.25, -0.2) is 0 Å². The standard InChI is InChI=1S/C12H18N2.2ClH/c13-12(10-14-8-4-5-9-14)11-6-2-1-3-7-11;;/h1-3,6-7,12H,4-5,8-10,13H2;2*1H. The lowest BCUT2D eigenvalue weighted by molar-refractivity contribution is 0.316. The summed E-state index contributed by atoms with van der Waals surface area (Å²) in [7, 11) is 0. The maximum atomic E-state index is 6.13. The highest BCUT2D eigenvalue weighted by molar-refractivity contribution is 5.85. The van der Waals surface area contributed by atoms with Crippen LogP contribution < -0.4 is 5.73 Å². The number of likely N-dealkylation sites (tertiary alicyclic amines) is 1. The minimum Gasteiger partial charge on any atom is -0.323 e. The van der Waals surface area contributed by atoms with Gasteiger partial charge in [0.1, 0.15) is 0 Å². The lowest BCUT2D eigenvalue weighted by Gasteiger charge is -2.20. The van der Waals surface area contributed by atoms with Crippen LogP contribution in [-0.2, 0) is 0 Å². The zero-order chi connectivity index (χ0) is 9.80. The average Bonchev–Trinajstić information content (AvgIpc) is 2.72. The molecule has 1 aliphatic rings. The molecule has 1 atom stereocenters. The van der Waals surface area contributed by atoms with Crippen molar-refractivity contribution in [3.05, 3.63) is 35.9 Å². The summed E-state index contributed by atoms with van der Waals surface area (Å²) in [6.45, 7) is 3.45. The molecule has 16 heavy (non-hydrogen) atoms. The van der Waals surface area contributed by atoms with Gasteiger partial charge in [0.2, 0.25) is 0 Å². The maximum Gasteiger partial charge on any atom is 0.0424 e. The van der Waals surface area contributed by atoms with Gasteiger partial charge in [0, 0.05) is 12.6 Å². The molecule has 0 spiro atoms. The minimum absolute atomic E-state index is 0. The van der Waals surface area contributed by atoms with E-state index in [4.69, 9.17) is 5.73 Å². The predicted octanol–water partition coefficient (Wildman–Crippen LogP) is 2.63. The molecular formula is C12H20Cl2N2. The second-order valence-corrected chi connectivity index (χ2v) is 4.02. The number of benzene rings is 1. The minimum atomic E-state index is 0. The second-order valence-electron chi connectivity index (χ2n) is 4.02. The third kappa shape index (κ3) is 4.30. The topological polar surface area (TPSA) is 29.3 Å². The van der Waals surface area contributed by atoms with Crippen LogP contribution in [0.15, 0.2) is 30.3 Å². The lowest BCUT2D eigenvalue weighted by atomic mass is 10.1. The number of nitrogens with zero attached hydrogens (tertiary/aromatic N) is 1. The quantitative estimate of drug-likeness (QED) is 0.908. The van der Waals surface area contributed by atoms with Gasteiger partial charge < -0.3 is 10.6 Å². The number of halogens is 2. The van der Waals surface area contributed by atoms with Crippen molar-refractivity contribution < 1.29 is 0 Å². The van der Waals surface area contributed by atoms with E-state index in [9.17, 15) is 0 Å². The van der Waals surface area contributed by atoms with Crippen LogP contribution in [0, 0.1) is 0 Å². The van der Waals surface area contributed by atoms with E-state index < -0.39 is 0 Å². The van der Waals surface area contributed by atoms with Crippen LogP contribution in [0.4, 0.5) is 0 Å². The largest absolute Gasteiger partial charge is 0.323 e. The molecule has 1 fully saturated rings. The van der Waals surface area contributed by atoms with Crippen molar-refractivity contribution in [3.8, 4) is 0 Å². The van der Waals surface area contributed by atoms with Crippen LogP contribution in [0.2, 0.25) is 0 Å². The van der Waals surface area contributed by atoms with E-state index in [0.29, 0.717) is 0 Å². The maximum absolute atomic E-state index is 6.13. The molecule has 4 heteroatoms. The molecule has 1 aromatic carbocycles. The molecule has 1 heterocycles. The summed E-state index contributed by atoms with van der Waals surface area (Å²) in [5, 5.41) is 0. The first kappa shape index (κ1) is 15.7. The van der Waals surface area contributed by atoms with Gasteiger partial charge in [-0.2, -0.15) is 0 Å². The summed E-state index contributed by atoms with van der Waals surface area (Å²) < 4.78 is 0. The van der Waals surface area contributed by atoms with E-state index >= 15 is 0 Å². The van der Waals surface area contributed by atoms with Gasteiger partial charge in [0.15, 0.2) is 0 Å². The molecule has 92 valence electrons. The summed E-state index contributed by atoms with van der Waals surface area (Å²) in [5.41, 5.74) is 7.38. The number of hydrogen-bond donors (Lipinski definition) is 1. The highest BCUT2D eigenvalue weighted by Crippen LogP contribution is 2.14. The highest BCUT2D eigenvalue weighted by Gasteiger charge is 2.15. The van der Waals surface area contributed by atoms with Gasteiger partial charge >= 0.3 is 0 Å². The molecule has 1 unspecified atom stereocenters. The Balaban J connectivity index is 0.00000112. The fourth-order valence-corrected chi connectivity index (χ4v) is 2.05. The Morgan fingerprint density at radius 3 is 2.19 bits per heavy atom. The van der Waals surface area contributed by atoms with E-state index in [2.05, 4.69) is 29.2 Å². The van der Waals surface area contributed by atoms with Crippen molar-refractivity contribution in [2.75, 3.05) is 19.6 Å². The number of rotatable bonds is 3. The van der Waals surface area contributed by atoms with Crippen molar-refractivity contribution in [1.82, 2.24) is 4.90 Å². The first-order chi connectivity index (χ1) is 6.86. The monoisotopic (exact) mass is 262 g/mol. The molecule has 0 bridgehead atoms. The third-order valence-electron chi connectivity index (χ3n) is 2.88. The Labute approximate surface area is 110 Å². The Morgan fingerprint density at radius 2 is 1.62 bits per heavy atom. The zero-order valence-corrected chi connectivity index (χ0v) is 11.0. The molecule has 0 aliphatic carbocycles. The van der Waals surface area contributed by atoms with Gasteiger partial charge in [0.25, 0.3) is 0 Å². The molecule has 0 saturated carbocycles. The molecule has 1 aliphatic heterocycles. The van der Waals surface area contributed by atoms with Crippen LogP contribution in [-0.4, -0.2) is 24.5 Å². The Morgan fingerprint density at radius 1 is 1.06 bits per heavy atom. The molecule has 0 radical (unpaired) electrons. The SMILES string of the molecule is Cl.Cl.NC(CN1CCCC1)c1ccccc1. The molecular weight excluding hydrogens is 243 g/mol. The van der Waals surface area contributed by atoms with Gasteiger partial charge in [-0.1, -0.05) is 30.3 Å². The van der Waals surface area contributed by atoms with Gasteiger partial charge in [0.05, 0.1) is 0 Å². The number of nitrogens with two attached hydrogens (primary N) is 1. The molecule has 2 nitrogen and oxygen atoms in total. The molecule has 1 aromatic rings. The van der Waals surface area contributed by atoms with Crippen LogP contribution >= 0.6 is 24.8 Å². The summed E-state index contributed by atoms with van der Waals surface area (Å²) >= 11 is 0. The van der Waals surface area contributed by atoms with E-state index in [0.717, 1.165) is 6.54 Å². The van der Waals surface area contributed by atoms with Gasteiger partial charge in [-0.05, 0) is 31.5 Å². The summed E-state index contributed by atoms with van der Waals surface area (Å²) in [6, 6.07) is 10.5. The Kier molecular flexibility index (Phi) is 7.77. The smallest absolute Gasteiger partial charge is 0.0424 e. The van der Waals surface area contributed by atoms with Crippen molar-refractivity contribution in [1.29, 1.82) is 0 Å². The van der Waals surface area contributed by atoms with Crippen molar-refractivity contribution in [3.63, 3.8) is 0 Å². The van der Waals surface area contributed by atoms with E-state index in [1.165, 1.54) is 31.5 Å². The van der Waals surface area contributed by atoms with E-state index in [1.54, 1.807) is 0 Å². The Hall–Kier alpha value is -0.280. The first-order valence-electron chi connectivity index (χ1n) is 5.39.